The van der Waals surface area contributed by atoms with Crippen molar-refractivity contribution >= 4 is 17.8 Å². The van der Waals surface area contributed by atoms with Crippen molar-refractivity contribution in [1.29, 1.82) is 0 Å². The number of hydrogen-bond acceptors (Lipinski definition) is 3. The zero-order valence-electron chi connectivity index (χ0n) is 15.1. The van der Waals surface area contributed by atoms with Crippen LogP contribution < -0.4 is 10.6 Å². The molecule has 0 atom stereocenters. The standard InChI is InChI=1S/C19H31N3O3/c23-16(20-15-9-5-2-1-3-6-10-15)11-14-22-17(24)19(21-18(22)25)12-7-4-8-13-19/h15H,1-14H2,(H,20,23)(H,21,25). The van der Waals surface area contributed by atoms with Crippen LogP contribution >= 0.6 is 0 Å². The molecule has 6 heteroatoms. The molecule has 0 radical (unpaired) electrons. The first-order valence-corrected chi connectivity index (χ1v) is 10.0. The summed E-state index contributed by atoms with van der Waals surface area (Å²) < 4.78 is 0. The normalized spacial score (nSPS) is 24.7. The summed E-state index contributed by atoms with van der Waals surface area (Å²) in [4.78, 5) is 38.4. The number of nitrogens with zero attached hydrogens (tertiary/aromatic N) is 1. The SMILES string of the molecule is O=C(CCN1C(=O)NC2(CCCCC2)C1=O)NC1CCCCCCC1. The summed E-state index contributed by atoms with van der Waals surface area (Å²) in [6, 6.07) is -0.0775. The number of imide groups is 1. The third kappa shape index (κ3) is 4.33. The number of carbonyl (C=O) groups excluding carboxylic acids is 3. The summed E-state index contributed by atoms with van der Waals surface area (Å²) in [7, 11) is 0. The lowest BCUT2D eigenvalue weighted by molar-refractivity contribution is -0.132. The van der Waals surface area contributed by atoms with Gasteiger partial charge in [-0.2, -0.15) is 0 Å². The molecule has 1 heterocycles. The Bertz CT molecular complexity index is 506. The molecule has 25 heavy (non-hydrogen) atoms. The summed E-state index contributed by atoms with van der Waals surface area (Å²) in [5.74, 6) is -0.174. The maximum Gasteiger partial charge on any atom is 0.325 e. The zero-order chi connectivity index (χ0) is 17.7. The fourth-order valence-corrected chi connectivity index (χ4v) is 4.49. The summed E-state index contributed by atoms with van der Waals surface area (Å²) in [6.45, 7) is 0.185. The van der Waals surface area contributed by atoms with Crippen molar-refractivity contribution in [2.45, 2.75) is 95.1 Å². The maximum atomic E-state index is 12.7. The van der Waals surface area contributed by atoms with Gasteiger partial charge in [-0.05, 0) is 25.7 Å². The first-order chi connectivity index (χ1) is 12.1. The molecule has 3 fully saturated rings. The molecule has 0 aromatic rings. The van der Waals surface area contributed by atoms with E-state index >= 15 is 0 Å². The first kappa shape index (κ1) is 18.2. The Balaban J connectivity index is 1.48. The Kier molecular flexibility index (Phi) is 5.97. The lowest BCUT2D eigenvalue weighted by Crippen LogP contribution is -2.48. The molecule has 0 unspecified atom stereocenters. The predicted octanol–water partition coefficient (Wildman–Crippen LogP) is 2.86. The topological polar surface area (TPSA) is 78.5 Å². The van der Waals surface area contributed by atoms with Crippen molar-refractivity contribution in [1.82, 2.24) is 15.5 Å². The number of amides is 4. The minimum Gasteiger partial charge on any atom is -0.353 e. The van der Waals surface area contributed by atoms with E-state index in [0.29, 0.717) is 0 Å². The number of carbonyl (C=O) groups is 3. The van der Waals surface area contributed by atoms with E-state index in [1.807, 2.05) is 0 Å². The molecule has 140 valence electrons. The lowest BCUT2D eigenvalue weighted by atomic mass is 9.82. The molecule has 1 spiro atoms. The van der Waals surface area contributed by atoms with Crippen molar-refractivity contribution in [2.75, 3.05) is 6.54 Å². The quantitative estimate of drug-likeness (QED) is 0.766. The van der Waals surface area contributed by atoms with Gasteiger partial charge in [0.25, 0.3) is 5.91 Å². The predicted molar refractivity (Wildman–Crippen MR) is 94.9 cm³/mol. The van der Waals surface area contributed by atoms with Gasteiger partial charge < -0.3 is 10.6 Å². The van der Waals surface area contributed by atoms with Crippen molar-refractivity contribution in [3.63, 3.8) is 0 Å². The van der Waals surface area contributed by atoms with Crippen molar-refractivity contribution < 1.29 is 14.4 Å². The molecular formula is C19H31N3O3. The number of urea groups is 1. The van der Waals surface area contributed by atoms with Crippen LogP contribution in [0.4, 0.5) is 4.79 Å². The van der Waals surface area contributed by atoms with E-state index in [-0.39, 0.29) is 36.9 Å². The van der Waals surface area contributed by atoms with E-state index < -0.39 is 5.54 Å². The van der Waals surface area contributed by atoms with E-state index in [4.69, 9.17) is 0 Å². The molecule has 0 aromatic heterocycles. The highest BCUT2D eigenvalue weighted by Crippen LogP contribution is 2.33. The summed E-state index contributed by atoms with van der Waals surface area (Å²) in [5, 5.41) is 6.00. The van der Waals surface area contributed by atoms with E-state index in [1.54, 1.807) is 0 Å². The summed E-state index contributed by atoms with van der Waals surface area (Å²) >= 11 is 0. The van der Waals surface area contributed by atoms with Crippen LogP contribution in [0, 0.1) is 0 Å². The Morgan fingerprint density at radius 3 is 2.28 bits per heavy atom. The van der Waals surface area contributed by atoms with Gasteiger partial charge >= 0.3 is 6.03 Å². The van der Waals surface area contributed by atoms with E-state index in [2.05, 4.69) is 10.6 Å². The van der Waals surface area contributed by atoms with Crippen LogP contribution in [-0.2, 0) is 9.59 Å². The minimum atomic E-state index is -0.689. The molecule has 2 saturated carbocycles. The second-order valence-corrected chi connectivity index (χ2v) is 7.89. The van der Waals surface area contributed by atoms with Gasteiger partial charge in [-0.3, -0.25) is 14.5 Å². The first-order valence-electron chi connectivity index (χ1n) is 10.0. The van der Waals surface area contributed by atoms with Gasteiger partial charge in [0.05, 0.1) is 0 Å². The van der Waals surface area contributed by atoms with Gasteiger partial charge in [0, 0.05) is 19.0 Å². The lowest BCUT2D eigenvalue weighted by Gasteiger charge is -2.30. The highest BCUT2D eigenvalue weighted by molar-refractivity contribution is 6.07. The van der Waals surface area contributed by atoms with Gasteiger partial charge in [0.1, 0.15) is 5.54 Å². The van der Waals surface area contributed by atoms with Gasteiger partial charge in [-0.15, -0.1) is 0 Å². The molecule has 1 aliphatic heterocycles. The largest absolute Gasteiger partial charge is 0.353 e. The van der Waals surface area contributed by atoms with E-state index in [1.165, 1.54) is 37.0 Å². The van der Waals surface area contributed by atoms with Crippen LogP contribution in [0.15, 0.2) is 0 Å². The Morgan fingerprint density at radius 1 is 1.00 bits per heavy atom. The van der Waals surface area contributed by atoms with Gasteiger partial charge in [-0.25, -0.2) is 4.79 Å². The molecule has 1 saturated heterocycles. The maximum absolute atomic E-state index is 12.7. The number of hydrogen-bond donors (Lipinski definition) is 2. The second kappa shape index (κ2) is 8.19. The van der Waals surface area contributed by atoms with Crippen LogP contribution in [0.1, 0.15) is 83.5 Å². The molecule has 4 amide bonds. The third-order valence-corrected chi connectivity index (χ3v) is 5.99. The average molecular weight is 349 g/mol. The fourth-order valence-electron chi connectivity index (χ4n) is 4.49. The van der Waals surface area contributed by atoms with E-state index in [9.17, 15) is 14.4 Å². The average Bonchev–Trinajstić information content (AvgIpc) is 2.79. The number of rotatable bonds is 4. The minimum absolute atomic E-state index is 0.0456. The van der Waals surface area contributed by atoms with Crippen LogP contribution in [0.2, 0.25) is 0 Å². The molecule has 2 N–H and O–H groups in total. The second-order valence-electron chi connectivity index (χ2n) is 7.89. The molecular weight excluding hydrogens is 318 g/mol. The van der Waals surface area contributed by atoms with Crippen molar-refractivity contribution in [3.8, 4) is 0 Å². The Hall–Kier alpha value is -1.59. The molecule has 3 rings (SSSR count). The number of nitrogens with one attached hydrogen (secondary N) is 2. The molecule has 3 aliphatic rings. The monoisotopic (exact) mass is 349 g/mol. The molecule has 2 aliphatic carbocycles. The highest BCUT2D eigenvalue weighted by atomic mass is 16.2. The van der Waals surface area contributed by atoms with Gasteiger partial charge in [0.15, 0.2) is 0 Å². The summed E-state index contributed by atoms with van der Waals surface area (Å²) in [5.41, 5.74) is -0.689. The van der Waals surface area contributed by atoms with Crippen LogP contribution in [0.3, 0.4) is 0 Å². The molecule has 0 aromatic carbocycles. The van der Waals surface area contributed by atoms with Crippen LogP contribution in [0.25, 0.3) is 0 Å². The fraction of sp³-hybridized carbons (Fsp3) is 0.842. The molecule has 0 bridgehead atoms. The Labute approximate surface area is 150 Å². The third-order valence-electron chi connectivity index (χ3n) is 5.99. The summed E-state index contributed by atoms with van der Waals surface area (Å²) in [6.07, 6.45) is 12.9. The molecule has 6 nitrogen and oxygen atoms in total. The smallest absolute Gasteiger partial charge is 0.325 e. The van der Waals surface area contributed by atoms with Gasteiger partial charge in [0.2, 0.25) is 5.91 Å². The Morgan fingerprint density at radius 2 is 1.60 bits per heavy atom. The van der Waals surface area contributed by atoms with Crippen LogP contribution in [0.5, 0.6) is 0 Å². The van der Waals surface area contributed by atoms with Crippen molar-refractivity contribution in [2.24, 2.45) is 0 Å². The van der Waals surface area contributed by atoms with E-state index in [0.717, 1.165) is 44.9 Å². The van der Waals surface area contributed by atoms with Crippen LogP contribution in [-0.4, -0.2) is 40.9 Å². The van der Waals surface area contributed by atoms with Gasteiger partial charge in [-0.1, -0.05) is 51.4 Å². The van der Waals surface area contributed by atoms with Crippen molar-refractivity contribution in [3.05, 3.63) is 0 Å². The zero-order valence-corrected chi connectivity index (χ0v) is 15.1. The highest BCUT2D eigenvalue weighted by Gasteiger charge is 2.51.